The summed E-state index contributed by atoms with van der Waals surface area (Å²) in [5.74, 6) is 1.28. The van der Waals surface area contributed by atoms with Crippen LogP contribution in [0.1, 0.15) is 51.5 Å². The van der Waals surface area contributed by atoms with Crippen LogP contribution in [0.5, 0.6) is 5.75 Å². The minimum absolute atomic E-state index is 0.00123. The quantitative estimate of drug-likeness (QED) is 0.785. The number of ether oxygens (including phenoxy) is 1. The normalized spacial score (nSPS) is 34.3. The van der Waals surface area contributed by atoms with Gasteiger partial charge in [-0.25, -0.2) is 13.6 Å². The van der Waals surface area contributed by atoms with Crippen LogP contribution >= 0.6 is 0 Å². The molecule has 5 rings (SSSR count). The molecule has 0 spiro atoms. The van der Waals surface area contributed by atoms with Crippen molar-refractivity contribution in [3.05, 3.63) is 29.8 Å². The van der Waals surface area contributed by atoms with Gasteiger partial charge in [-0.3, -0.25) is 4.79 Å². The van der Waals surface area contributed by atoms with E-state index >= 15 is 0 Å². The average molecular weight is 407 g/mol. The van der Waals surface area contributed by atoms with E-state index in [1.807, 2.05) is 31.2 Å². The second-order valence-electron chi connectivity index (χ2n) is 9.58. The molecular weight excluding hydrogens is 376 g/mol. The van der Waals surface area contributed by atoms with Crippen LogP contribution in [0, 0.1) is 24.7 Å². The zero-order valence-electron chi connectivity index (χ0n) is 16.8. The van der Waals surface area contributed by atoms with Crippen molar-refractivity contribution in [1.82, 2.24) is 5.32 Å². The van der Waals surface area contributed by atoms with Crippen LogP contribution in [0.4, 0.5) is 0 Å². The molecule has 1 aromatic rings. The molecule has 4 saturated carbocycles. The SMILES string of the molecule is Cc1ccccc1OC(C)(C)C(=O)NC1C2CC3CC1CC(S(N)(=O)=O)(C3)C2. The smallest absolute Gasteiger partial charge is 0.263 e. The molecule has 0 aromatic heterocycles. The number of aryl methyl sites for hydroxylation is 1. The van der Waals surface area contributed by atoms with Crippen molar-refractivity contribution in [3.8, 4) is 5.75 Å². The van der Waals surface area contributed by atoms with Gasteiger partial charge in [-0.05, 0) is 82.3 Å². The van der Waals surface area contributed by atoms with Crippen molar-refractivity contribution in [2.45, 2.75) is 69.3 Å². The van der Waals surface area contributed by atoms with Gasteiger partial charge < -0.3 is 10.1 Å². The number of carbonyl (C=O) groups excluding carboxylic acids is 1. The number of rotatable bonds is 5. The first kappa shape index (κ1) is 19.7. The summed E-state index contributed by atoms with van der Waals surface area (Å²) in [6.07, 6.45) is 3.74. The fourth-order valence-electron chi connectivity index (χ4n) is 5.85. The summed E-state index contributed by atoms with van der Waals surface area (Å²) in [7, 11) is -3.58. The molecule has 4 fully saturated rings. The number of nitrogens with one attached hydrogen (secondary N) is 1. The number of benzene rings is 1. The predicted octanol–water partition coefficient (Wildman–Crippen LogP) is 2.50. The lowest BCUT2D eigenvalue weighted by atomic mass is 9.53. The maximum atomic E-state index is 13.1. The first-order chi connectivity index (χ1) is 13.0. The Bertz CT molecular complexity index is 879. The van der Waals surface area contributed by atoms with Gasteiger partial charge >= 0.3 is 0 Å². The number of hydrogen-bond acceptors (Lipinski definition) is 4. The molecule has 28 heavy (non-hydrogen) atoms. The third kappa shape index (κ3) is 3.22. The molecule has 2 unspecified atom stereocenters. The molecular formula is C21H30N2O4S. The van der Waals surface area contributed by atoms with Crippen LogP contribution in [-0.2, 0) is 14.8 Å². The Morgan fingerprint density at radius 3 is 2.36 bits per heavy atom. The Morgan fingerprint density at radius 1 is 1.18 bits per heavy atom. The topological polar surface area (TPSA) is 98.5 Å². The molecule has 4 aliphatic rings. The van der Waals surface area contributed by atoms with E-state index < -0.39 is 20.4 Å². The van der Waals surface area contributed by atoms with Crippen molar-refractivity contribution in [2.75, 3.05) is 0 Å². The van der Waals surface area contributed by atoms with Crippen LogP contribution in [0.3, 0.4) is 0 Å². The molecule has 0 aliphatic heterocycles. The Balaban J connectivity index is 1.49. The minimum atomic E-state index is -3.58. The molecule has 4 aliphatic carbocycles. The molecule has 154 valence electrons. The summed E-state index contributed by atoms with van der Waals surface area (Å²) in [5.41, 5.74) is -0.0358. The van der Waals surface area contributed by atoms with Crippen LogP contribution < -0.4 is 15.2 Å². The maximum Gasteiger partial charge on any atom is 0.263 e. The van der Waals surface area contributed by atoms with E-state index in [4.69, 9.17) is 9.88 Å². The number of amides is 1. The molecule has 7 heteroatoms. The van der Waals surface area contributed by atoms with Gasteiger partial charge in [-0.2, -0.15) is 0 Å². The van der Waals surface area contributed by atoms with Gasteiger partial charge in [-0.1, -0.05) is 18.2 Å². The van der Waals surface area contributed by atoms with Crippen molar-refractivity contribution in [1.29, 1.82) is 0 Å². The number of primary sulfonamides is 1. The Hall–Kier alpha value is -1.60. The summed E-state index contributed by atoms with van der Waals surface area (Å²) in [6, 6.07) is 7.64. The number of hydrogen-bond donors (Lipinski definition) is 2. The van der Waals surface area contributed by atoms with Crippen LogP contribution in [0.25, 0.3) is 0 Å². The van der Waals surface area contributed by atoms with E-state index in [-0.39, 0.29) is 23.8 Å². The van der Waals surface area contributed by atoms with Gasteiger partial charge in [0.15, 0.2) is 5.60 Å². The fraction of sp³-hybridized carbons (Fsp3) is 0.667. The highest BCUT2D eigenvalue weighted by Crippen LogP contribution is 2.58. The summed E-state index contributed by atoms with van der Waals surface area (Å²) >= 11 is 0. The van der Waals surface area contributed by atoms with Crippen molar-refractivity contribution in [3.63, 3.8) is 0 Å². The second kappa shape index (κ2) is 6.46. The Kier molecular flexibility index (Phi) is 4.54. The van der Waals surface area contributed by atoms with Gasteiger partial charge in [-0.15, -0.1) is 0 Å². The van der Waals surface area contributed by atoms with Crippen LogP contribution in [0.2, 0.25) is 0 Å². The molecule has 3 N–H and O–H groups in total. The van der Waals surface area contributed by atoms with Crippen molar-refractivity contribution in [2.24, 2.45) is 22.9 Å². The summed E-state index contributed by atoms with van der Waals surface area (Å²) < 4.78 is 29.8. The molecule has 2 atom stereocenters. The van der Waals surface area contributed by atoms with E-state index in [1.54, 1.807) is 13.8 Å². The second-order valence-corrected chi connectivity index (χ2v) is 11.5. The lowest BCUT2D eigenvalue weighted by molar-refractivity contribution is -0.137. The van der Waals surface area contributed by atoms with Gasteiger partial charge in [0.05, 0.1) is 4.75 Å². The van der Waals surface area contributed by atoms with Gasteiger partial charge in [0.25, 0.3) is 5.91 Å². The third-order valence-corrected chi connectivity index (χ3v) is 8.83. The van der Waals surface area contributed by atoms with Crippen LogP contribution in [-0.4, -0.2) is 30.7 Å². The van der Waals surface area contributed by atoms with E-state index in [0.717, 1.165) is 18.4 Å². The monoisotopic (exact) mass is 406 g/mol. The molecule has 6 nitrogen and oxygen atoms in total. The molecule has 0 saturated heterocycles. The summed E-state index contributed by atoms with van der Waals surface area (Å²) in [5, 5.41) is 8.83. The minimum Gasteiger partial charge on any atom is -0.478 e. The number of carbonyl (C=O) groups is 1. The van der Waals surface area contributed by atoms with E-state index in [1.165, 1.54) is 0 Å². The summed E-state index contributed by atoms with van der Waals surface area (Å²) in [6.45, 7) is 5.50. The molecule has 0 heterocycles. The van der Waals surface area contributed by atoms with Crippen molar-refractivity contribution < 1.29 is 17.9 Å². The number of nitrogens with two attached hydrogens (primary N) is 1. The summed E-state index contributed by atoms with van der Waals surface area (Å²) in [4.78, 5) is 13.1. The number of sulfonamides is 1. The van der Waals surface area contributed by atoms with Gasteiger partial charge in [0.2, 0.25) is 10.0 Å². The maximum absolute atomic E-state index is 13.1. The lowest BCUT2D eigenvalue weighted by Crippen LogP contribution is -2.66. The van der Waals surface area contributed by atoms with E-state index in [0.29, 0.717) is 30.9 Å². The number of para-hydroxylation sites is 1. The first-order valence-corrected chi connectivity index (χ1v) is 11.6. The lowest BCUT2D eigenvalue weighted by Gasteiger charge is -2.59. The predicted molar refractivity (Wildman–Crippen MR) is 107 cm³/mol. The molecule has 0 radical (unpaired) electrons. The van der Waals surface area contributed by atoms with Gasteiger partial charge in [0.1, 0.15) is 5.75 Å². The van der Waals surface area contributed by atoms with Gasteiger partial charge in [0, 0.05) is 6.04 Å². The largest absolute Gasteiger partial charge is 0.478 e. The van der Waals surface area contributed by atoms with Crippen LogP contribution in [0.15, 0.2) is 24.3 Å². The average Bonchev–Trinajstić information content (AvgIpc) is 2.58. The molecule has 1 amide bonds. The Labute approximate surface area is 167 Å². The highest BCUT2D eigenvalue weighted by Gasteiger charge is 2.60. The van der Waals surface area contributed by atoms with E-state index in [9.17, 15) is 13.2 Å². The highest BCUT2D eigenvalue weighted by molar-refractivity contribution is 7.90. The molecule has 4 bridgehead atoms. The third-order valence-electron chi connectivity index (χ3n) is 7.12. The molecule has 1 aromatic carbocycles. The first-order valence-electron chi connectivity index (χ1n) is 10.1. The van der Waals surface area contributed by atoms with E-state index in [2.05, 4.69) is 5.32 Å². The Morgan fingerprint density at radius 2 is 1.79 bits per heavy atom. The fourth-order valence-corrected chi connectivity index (χ4v) is 7.21. The standard InChI is InChI=1S/C21H30N2O4S/c1-13-6-4-5-7-17(13)27-20(2,3)19(24)23-18-15-8-14-9-16(18)12-21(10-14,11-15)28(22,25)26/h4-7,14-16,18H,8-12H2,1-3H3,(H,23,24)(H2,22,25,26). The highest BCUT2D eigenvalue weighted by atomic mass is 32.2. The van der Waals surface area contributed by atoms with Crippen molar-refractivity contribution >= 4 is 15.9 Å². The zero-order chi connectivity index (χ0) is 20.3. The zero-order valence-corrected chi connectivity index (χ0v) is 17.6.